The molecule has 3 unspecified atom stereocenters. The van der Waals surface area contributed by atoms with Crippen LogP contribution in [0.1, 0.15) is 82.1 Å². The summed E-state index contributed by atoms with van der Waals surface area (Å²) in [5, 5.41) is 24.0. The van der Waals surface area contributed by atoms with Gasteiger partial charge >= 0.3 is 0 Å². The van der Waals surface area contributed by atoms with Crippen LogP contribution in [0.3, 0.4) is 0 Å². The number of hydrogen-bond acceptors (Lipinski definition) is 5. The van der Waals surface area contributed by atoms with Gasteiger partial charge in [0.2, 0.25) is 11.8 Å². The first kappa shape index (κ1) is 25.9. The summed E-state index contributed by atoms with van der Waals surface area (Å²) in [7, 11) is 0. The van der Waals surface area contributed by atoms with Crippen molar-refractivity contribution in [3.05, 3.63) is 41.5 Å². The molecule has 7 heteroatoms. The molecule has 3 fully saturated rings. The van der Waals surface area contributed by atoms with Crippen LogP contribution in [0.5, 0.6) is 5.75 Å². The lowest BCUT2D eigenvalue weighted by atomic mass is 9.77. The number of aliphatic hydroxyl groups is 2. The van der Waals surface area contributed by atoms with Gasteiger partial charge in [0.15, 0.2) is 0 Å². The summed E-state index contributed by atoms with van der Waals surface area (Å²) in [4.78, 5) is 29.6. The first-order chi connectivity index (χ1) is 18.5. The summed E-state index contributed by atoms with van der Waals surface area (Å²) in [5.41, 5.74) is 1.41. The van der Waals surface area contributed by atoms with E-state index >= 15 is 0 Å². The third-order valence-corrected chi connectivity index (χ3v) is 10.0. The summed E-state index contributed by atoms with van der Waals surface area (Å²) in [6.07, 6.45) is 12.1. The first-order valence-electron chi connectivity index (χ1n) is 14.9. The molecule has 7 nitrogen and oxygen atoms in total. The average molecular weight is 523 g/mol. The van der Waals surface area contributed by atoms with E-state index in [1.165, 1.54) is 32.1 Å². The smallest absolute Gasteiger partial charge is 0.247 e. The van der Waals surface area contributed by atoms with Crippen molar-refractivity contribution in [3.63, 3.8) is 0 Å². The number of hydrogen-bond donors (Lipinski definition) is 3. The quantitative estimate of drug-likeness (QED) is 0.475. The van der Waals surface area contributed by atoms with Gasteiger partial charge < -0.3 is 25.2 Å². The SMILES string of the molecule is O=C(NCCO)C1=C[C@@H](N(C(=O)CC2CC3CCC2C3)C2CCCCCC2)[C@H](O)[C@H]2Oc3ccccc3[C@@H]12. The molecular weight excluding hydrogens is 480 g/mol. The van der Waals surface area contributed by atoms with Gasteiger partial charge in [-0.2, -0.15) is 0 Å². The van der Waals surface area contributed by atoms with Crippen molar-refractivity contribution >= 4 is 11.8 Å². The highest BCUT2D eigenvalue weighted by Gasteiger charge is 2.51. The van der Waals surface area contributed by atoms with Crippen LogP contribution in [0.15, 0.2) is 35.9 Å². The van der Waals surface area contributed by atoms with Gasteiger partial charge in [0.1, 0.15) is 18.0 Å². The molecule has 3 N–H and O–H groups in total. The second-order valence-electron chi connectivity index (χ2n) is 12.3. The molecule has 0 radical (unpaired) electrons. The van der Waals surface area contributed by atoms with Crippen molar-refractivity contribution in [2.75, 3.05) is 13.2 Å². The molecule has 6 rings (SSSR count). The molecule has 2 bridgehead atoms. The highest BCUT2D eigenvalue weighted by molar-refractivity contribution is 5.96. The summed E-state index contributed by atoms with van der Waals surface area (Å²) in [6.45, 7) is 0.00127. The molecule has 7 atom stereocenters. The van der Waals surface area contributed by atoms with Crippen molar-refractivity contribution in [3.8, 4) is 5.75 Å². The van der Waals surface area contributed by atoms with Gasteiger partial charge in [0.05, 0.1) is 18.6 Å². The third kappa shape index (κ3) is 4.77. The van der Waals surface area contributed by atoms with E-state index in [-0.39, 0.29) is 31.0 Å². The standard InChI is InChI=1S/C31H42N2O5/c34-14-13-32-31(37)24-18-25(29(36)30-28(24)23-9-5-6-10-26(23)38-30)33(22-7-3-1-2-4-8-22)27(35)17-21-16-19-11-12-20(21)15-19/h5-6,9-10,18-22,25,28-30,34,36H,1-4,7-8,11-17H2,(H,32,37)/t19?,20?,21?,25-,28+,29+,30+/m1/s1. The third-order valence-electron chi connectivity index (χ3n) is 10.0. The Morgan fingerprint density at radius 3 is 2.53 bits per heavy atom. The maximum atomic E-state index is 14.2. The van der Waals surface area contributed by atoms with E-state index in [1.54, 1.807) is 0 Å². The van der Waals surface area contributed by atoms with Crippen molar-refractivity contribution in [1.82, 2.24) is 10.2 Å². The van der Waals surface area contributed by atoms with E-state index in [1.807, 2.05) is 35.2 Å². The van der Waals surface area contributed by atoms with Crippen LogP contribution in [0.25, 0.3) is 0 Å². The van der Waals surface area contributed by atoms with Crippen molar-refractivity contribution in [2.45, 2.75) is 101 Å². The first-order valence-corrected chi connectivity index (χ1v) is 14.9. The van der Waals surface area contributed by atoms with Crippen LogP contribution in [-0.2, 0) is 9.59 Å². The molecule has 1 aromatic carbocycles. The Morgan fingerprint density at radius 2 is 1.82 bits per heavy atom. The number of ether oxygens (including phenoxy) is 1. The minimum Gasteiger partial charge on any atom is -0.486 e. The van der Waals surface area contributed by atoms with E-state index < -0.39 is 24.2 Å². The molecular formula is C31H42N2O5. The van der Waals surface area contributed by atoms with E-state index in [9.17, 15) is 19.8 Å². The fraction of sp³-hybridized carbons (Fsp3) is 0.677. The number of amides is 2. The number of rotatable bonds is 7. The molecule has 1 heterocycles. The van der Waals surface area contributed by atoms with E-state index in [0.717, 1.165) is 43.6 Å². The van der Waals surface area contributed by atoms with Gasteiger partial charge in [-0.3, -0.25) is 9.59 Å². The fourth-order valence-corrected chi connectivity index (χ4v) is 8.27. The number of fused-ring (bicyclic) bond motifs is 5. The Labute approximate surface area is 225 Å². The van der Waals surface area contributed by atoms with Crippen molar-refractivity contribution in [2.24, 2.45) is 17.8 Å². The zero-order valence-electron chi connectivity index (χ0n) is 22.3. The lowest BCUT2D eigenvalue weighted by Gasteiger charge is -2.44. The minimum atomic E-state index is -0.936. The molecule has 0 saturated heterocycles. The molecule has 0 aromatic heterocycles. The second-order valence-corrected chi connectivity index (χ2v) is 12.3. The van der Waals surface area contributed by atoms with Gasteiger partial charge in [-0.05, 0) is 62.0 Å². The zero-order valence-corrected chi connectivity index (χ0v) is 22.3. The Morgan fingerprint density at radius 1 is 1.03 bits per heavy atom. The van der Waals surface area contributed by atoms with Crippen LogP contribution in [0.2, 0.25) is 0 Å². The average Bonchev–Trinajstić information content (AvgIpc) is 3.59. The maximum absolute atomic E-state index is 14.2. The van der Waals surface area contributed by atoms with Crippen LogP contribution in [0.4, 0.5) is 0 Å². The highest BCUT2D eigenvalue weighted by Crippen LogP contribution is 2.51. The summed E-state index contributed by atoms with van der Waals surface area (Å²) in [5.74, 6) is 1.99. The Bertz CT molecular complexity index is 1060. The number of benzene rings is 1. The van der Waals surface area contributed by atoms with E-state index in [0.29, 0.717) is 29.6 Å². The van der Waals surface area contributed by atoms with Gasteiger partial charge in [-0.15, -0.1) is 0 Å². The monoisotopic (exact) mass is 522 g/mol. The van der Waals surface area contributed by atoms with Crippen LogP contribution >= 0.6 is 0 Å². The van der Waals surface area contributed by atoms with Crippen molar-refractivity contribution in [1.29, 1.82) is 0 Å². The van der Waals surface area contributed by atoms with Gasteiger partial charge in [0, 0.05) is 30.1 Å². The number of para-hydroxylation sites is 1. The van der Waals surface area contributed by atoms with Gasteiger partial charge in [-0.1, -0.05) is 50.3 Å². The molecule has 38 heavy (non-hydrogen) atoms. The lowest BCUT2D eigenvalue weighted by molar-refractivity contribution is -0.142. The Hall–Kier alpha value is -2.38. The molecule has 0 spiro atoms. The normalized spacial score (nSPS) is 34.1. The Kier molecular flexibility index (Phi) is 7.50. The maximum Gasteiger partial charge on any atom is 0.247 e. The second kappa shape index (κ2) is 11.0. The van der Waals surface area contributed by atoms with Crippen molar-refractivity contribution < 1.29 is 24.5 Å². The molecule has 2 amide bonds. The molecule has 3 saturated carbocycles. The van der Waals surface area contributed by atoms with Crippen LogP contribution < -0.4 is 10.1 Å². The predicted molar refractivity (Wildman–Crippen MR) is 143 cm³/mol. The number of nitrogens with zero attached hydrogens (tertiary/aromatic N) is 1. The molecule has 5 aliphatic rings. The Balaban J connectivity index is 1.35. The fourth-order valence-electron chi connectivity index (χ4n) is 8.27. The van der Waals surface area contributed by atoms with Crippen LogP contribution in [-0.4, -0.2) is 64.4 Å². The van der Waals surface area contributed by atoms with Gasteiger partial charge in [-0.25, -0.2) is 0 Å². The summed E-state index contributed by atoms with van der Waals surface area (Å²) < 4.78 is 6.30. The number of carbonyl (C=O) groups excluding carboxylic acids is 2. The highest BCUT2D eigenvalue weighted by atomic mass is 16.5. The number of nitrogens with one attached hydrogen (secondary N) is 1. The predicted octanol–water partition coefficient (Wildman–Crippen LogP) is 3.69. The number of carbonyl (C=O) groups is 2. The molecule has 206 valence electrons. The van der Waals surface area contributed by atoms with E-state index in [4.69, 9.17) is 4.74 Å². The van der Waals surface area contributed by atoms with Gasteiger partial charge in [0.25, 0.3) is 0 Å². The number of aliphatic hydroxyl groups excluding tert-OH is 2. The molecule has 4 aliphatic carbocycles. The van der Waals surface area contributed by atoms with E-state index in [2.05, 4.69) is 5.32 Å². The van der Waals surface area contributed by atoms with Crippen LogP contribution in [0, 0.1) is 17.8 Å². The zero-order chi connectivity index (χ0) is 26.2. The lowest BCUT2D eigenvalue weighted by Crippen LogP contribution is -2.58. The topological polar surface area (TPSA) is 99.1 Å². The molecule has 1 aliphatic heterocycles. The summed E-state index contributed by atoms with van der Waals surface area (Å²) >= 11 is 0. The summed E-state index contributed by atoms with van der Waals surface area (Å²) in [6, 6.07) is 7.08. The largest absolute Gasteiger partial charge is 0.486 e. The minimum absolute atomic E-state index is 0.0570. The molecule has 1 aromatic rings.